The Bertz CT molecular complexity index is 1110. The van der Waals surface area contributed by atoms with Gasteiger partial charge in [0.15, 0.2) is 5.78 Å². The first kappa shape index (κ1) is 20.7. The molecular weight excluding hydrogens is 390 g/mol. The third-order valence-corrected chi connectivity index (χ3v) is 5.01. The molecule has 0 fully saturated rings. The smallest absolute Gasteiger partial charge is 0.320 e. The first-order valence-electron chi connectivity index (χ1n) is 10.5. The lowest BCUT2D eigenvalue weighted by Crippen LogP contribution is -2.43. The van der Waals surface area contributed by atoms with Crippen LogP contribution in [0, 0.1) is 0 Å². The number of nitrogens with one attached hydrogen (secondary N) is 4. The number of amides is 2. The maximum Gasteiger partial charge on any atom is 0.320 e. The van der Waals surface area contributed by atoms with E-state index >= 15 is 0 Å². The fourth-order valence-electron chi connectivity index (χ4n) is 3.75. The summed E-state index contributed by atoms with van der Waals surface area (Å²) in [6.45, 7) is 5.75. The Hall–Kier alpha value is -3.61. The number of para-hydroxylation sites is 1. The molecule has 0 saturated carbocycles. The van der Waals surface area contributed by atoms with Crippen LogP contribution in [0.2, 0.25) is 0 Å². The van der Waals surface area contributed by atoms with Gasteiger partial charge in [-0.1, -0.05) is 18.2 Å². The molecule has 1 aromatic carbocycles. The van der Waals surface area contributed by atoms with Gasteiger partial charge >= 0.3 is 6.03 Å². The number of Topliss-reactive ketones (excluding diaryl/α,β-unsaturated/α-hetero) is 1. The third kappa shape index (κ3) is 4.77. The lowest BCUT2D eigenvalue weighted by atomic mass is 9.95. The number of rotatable bonds is 4. The fourth-order valence-corrected chi connectivity index (χ4v) is 3.75. The number of aryl methyl sites for hydroxylation is 1. The molecule has 4 N–H and O–H groups in total. The fraction of sp³-hybridized carbons (Fsp3) is 0.292. The molecule has 0 radical (unpaired) electrons. The second-order valence-electron chi connectivity index (χ2n) is 8.76. The van der Waals surface area contributed by atoms with Crippen molar-refractivity contribution in [3.05, 3.63) is 59.9 Å². The van der Waals surface area contributed by atoms with E-state index in [0.29, 0.717) is 12.2 Å². The highest BCUT2D eigenvalue weighted by Gasteiger charge is 2.27. The Labute approximate surface area is 181 Å². The molecule has 0 atom stereocenters. The minimum absolute atomic E-state index is 0.138. The van der Waals surface area contributed by atoms with Crippen molar-refractivity contribution in [2.45, 2.75) is 45.6 Å². The summed E-state index contributed by atoms with van der Waals surface area (Å²) < 4.78 is 0. The van der Waals surface area contributed by atoms with Crippen molar-refractivity contribution >= 4 is 29.0 Å². The molecule has 0 bridgehead atoms. The Balaban J connectivity index is 1.71. The van der Waals surface area contributed by atoms with Crippen LogP contribution >= 0.6 is 0 Å². The summed E-state index contributed by atoms with van der Waals surface area (Å²) in [5, 5.41) is 9.08. The van der Waals surface area contributed by atoms with Crippen LogP contribution in [0.4, 0.5) is 22.0 Å². The highest BCUT2D eigenvalue weighted by atomic mass is 16.2. The van der Waals surface area contributed by atoms with Crippen LogP contribution in [-0.2, 0) is 6.42 Å². The minimum atomic E-state index is -0.354. The van der Waals surface area contributed by atoms with E-state index in [4.69, 9.17) is 0 Å². The molecule has 2 heterocycles. The van der Waals surface area contributed by atoms with E-state index in [-0.39, 0.29) is 17.4 Å². The zero-order valence-electron chi connectivity index (χ0n) is 18.0. The summed E-state index contributed by atoms with van der Waals surface area (Å²) in [5.74, 6) is 0.572. The molecule has 160 valence electrons. The standard InChI is InChI=1S/C24H27N5O2/c1-24(2,3)29-23(31)28-19-14-15(12-13-25-19)21-22(26-16-8-5-4-6-9-16)20-17(27-21)10-7-11-18(20)30/h4-6,8-9,12-14,26-27H,7,10-11H2,1-3H3,(H2,25,28,29,31). The van der Waals surface area contributed by atoms with Gasteiger partial charge in [0.2, 0.25) is 0 Å². The van der Waals surface area contributed by atoms with Crippen LogP contribution in [0.5, 0.6) is 0 Å². The van der Waals surface area contributed by atoms with E-state index in [1.165, 1.54) is 0 Å². The Kier molecular flexibility index (Phi) is 5.50. The van der Waals surface area contributed by atoms with Gasteiger partial charge < -0.3 is 15.6 Å². The summed E-state index contributed by atoms with van der Waals surface area (Å²) in [6.07, 6.45) is 3.86. The number of benzene rings is 1. The number of hydrogen-bond acceptors (Lipinski definition) is 4. The number of urea groups is 1. The highest BCUT2D eigenvalue weighted by molar-refractivity contribution is 6.07. The van der Waals surface area contributed by atoms with Gasteiger partial charge in [-0.15, -0.1) is 0 Å². The van der Waals surface area contributed by atoms with Crippen LogP contribution in [0.25, 0.3) is 11.3 Å². The molecule has 1 aliphatic rings. The molecule has 0 unspecified atom stereocenters. The number of aromatic amines is 1. The van der Waals surface area contributed by atoms with Gasteiger partial charge in [0.05, 0.1) is 16.9 Å². The highest BCUT2D eigenvalue weighted by Crippen LogP contribution is 2.39. The quantitative estimate of drug-likeness (QED) is 0.465. The van der Waals surface area contributed by atoms with Crippen LogP contribution in [0.15, 0.2) is 48.7 Å². The average molecular weight is 418 g/mol. The van der Waals surface area contributed by atoms with Crippen molar-refractivity contribution in [2.24, 2.45) is 0 Å². The van der Waals surface area contributed by atoms with Crippen molar-refractivity contribution in [2.75, 3.05) is 10.6 Å². The molecule has 0 aliphatic heterocycles. The average Bonchev–Trinajstić information content (AvgIpc) is 3.07. The molecule has 0 spiro atoms. The third-order valence-electron chi connectivity index (χ3n) is 5.01. The number of H-pyrrole nitrogens is 1. The predicted octanol–water partition coefficient (Wildman–Crippen LogP) is 5.26. The number of ketones is 1. The molecule has 4 rings (SSSR count). The summed E-state index contributed by atoms with van der Waals surface area (Å²) >= 11 is 0. The molecular formula is C24H27N5O2. The van der Waals surface area contributed by atoms with Crippen molar-refractivity contribution in [3.8, 4) is 11.3 Å². The first-order valence-corrected chi connectivity index (χ1v) is 10.5. The van der Waals surface area contributed by atoms with Crippen LogP contribution < -0.4 is 16.0 Å². The van der Waals surface area contributed by atoms with E-state index in [2.05, 4.69) is 25.9 Å². The summed E-state index contributed by atoms with van der Waals surface area (Å²) in [5.41, 5.74) is 4.63. The van der Waals surface area contributed by atoms with E-state index in [1.807, 2.05) is 57.2 Å². The second-order valence-corrected chi connectivity index (χ2v) is 8.76. The lowest BCUT2D eigenvalue weighted by Gasteiger charge is -2.20. The minimum Gasteiger partial charge on any atom is -0.356 e. The maximum absolute atomic E-state index is 12.7. The van der Waals surface area contributed by atoms with E-state index in [1.54, 1.807) is 12.3 Å². The number of anilines is 3. The van der Waals surface area contributed by atoms with Crippen LogP contribution in [0.1, 0.15) is 49.7 Å². The van der Waals surface area contributed by atoms with Gasteiger partial charge in [0.1, 0.15) is 5.82 Å². The zero-order chi connectivity index (χ0) is 22.0. The summed E-state index contributed by atoms with van der Waals surface area (Å²) in [7, 11) is 0. The normalized spacial score (nSPS) is 13.5. The molecule has 31 heavy (non-hydrogen) atoms. The van der Waals surface area contributed by atoms with Crippen LogP contribution in [-0.4, -0.2) is 27.3 Å². The monoisotopic (exact) mass is 417 g/mol. The zero-order valence-corrected chi connectivity index (χ0v) is 18.0. The number of hydrogen-bond donors (Lipinski definition) is 4. The Morgan fingerprint density at radius 2 is 1.87 bits per heavy atom. The van der Waals surface area contributed by atoms with Crippen molar-refractivity contribution in [3.63, 3.8) is 0 Å². The van der Waals surface area contributed by atoms with Crippen molar-refractivity contribution in [1.82, 2.24) is 15.3 Å². The van der Waals surface area contributed by atoms with Gasteiger partial charge in [0, 0.05) is 35.1 Å². The van der Waals surface area contributed by atoms with Crippen molar-refractivity contribution < 1.29 is 9.59 Å². The van der Waals surface area contributed by atoms with Gasteiger partial charge in [-0.3, -0.25) is 10.1 Å². The first-order chi connectivity index (χ1) is 14.8. The second kappa shape index (κ2) is 8.26. The Morgan fingerprint density at radius 3 is 2.61 bits per heavy atom. The van der Waals surface area contributed by atoms with E-state index in [9.17, 15) is 9.59 Å². The van der Waals surface area contributed by atoms with Crippen LogP contribution in [0.3, 0.4) is 0 Å². The SMILES string of the molecule is CC(C)(C)NC(=O)Nc1cc(-c2[nH]c3c(c2Nc2ccccc2)C(=O)CCC3)ccn1. The summed E-state index contributed by atoms with van der Waals surface area (Å²) in [4.78, 5) is 32.7. The molecule has 3 aromatic rings. The lowest BCUT2D eigenvalue weighted by molar-refractivity contribution is 0.0973. The molecule has 0 saturated heterocycles. The number of carbonyl (C=O) groups is 2. The van der Waals surface area contributed by atoms with Gasteiger partial charge in [-0.25, -0.2) is 9.78 Å². The summed E-state index contributed by atoms with van der Waals surface area (Å²) in [6, 6.07) is 13.1. The van der Waals surface area contributed by atoms with E-state index < -0.39 is 0 Å². The van der Waals surface area contributed by atoms with Gasteiger partial charge in [0.25, 0.3) is 0 Å². The number of aromatic nitrogens is 2. The largest absolute Gasteiger partial charge is 0.356 e. The Morgan fingerprint density at radius 1 is 1.10 bits per heavy atom. The number of nitrogens with zero attached hydrogens (tertiary/aromatic N) is 1. The van der Waals surface area contributed by atoms with Gasteiger partial charge in [-0.05, 0) is 57.9 Å². The molecule has 7 heteroatoms. The number of fused-ring (bicyclic) bond motifs is 1. The van der Waals surface area contributed by atoms with Gasteiger partial charge in [-0.2, -0.15) is 0 Å². The molecule has 1 aliphatic carbocycles. The topological polar surface area (TPSA) is 98.9 Å². The number of pyridine rings is 1. The molecule has 2 amide bonds. The predicted molar refractivity (Wildman–Crippen MR) is 123 cm³/mol. The van der Waals surface area contributed by atoms with Crippen molar-refractivity contribution in [1.29, 1.82) is 0 Å². The number of carbonyl (C=O) groups excluding carboxylic acids is 2. The maximum atomic E-state index is 12.7. The van der Waals surface area contributed by atoms with E-state index in [0.717, 1.165) is 46.7 Å². The molecule has 2 aromatic heterocycles. The molecule has 7 nitrogen and oxygen atoms in total.